The zero-order valence-electron chi connectivity index (χ0n) is 15.8. The molecule has 0 atom stereocenters. The summed E-state index contributed by atoms with van der Waals surface area (Å²) in [5.74, 6) is 0.829. The van der Waals surface area contributed by atoms with Gasteiger partial charge in [0.1, 0.15) is 5.82 Å². The van der Waals surface area contributed by atoms with Crippen molar-refractivity contribution in [1.82, 2.24) is 14.9 Å². The number of aromatic nitrogens is 2. The minimum Gasteiger partial charge on any atom is -0.314 e. The number of nitrogens with one attached hydrogen (secondary N) is 1. The van der Waals surface area contributed by atoms with Crippen LogP contribution in [0.4, 0.5) is 10.5 Å². The maximum Gasteiger partial charge on any atom is 0.322 e. The Kier molecular flexibility index (Phi) is 4.17. The molecule has 2 amide bonds. The summed E-state index contributed by atoms with van der Waals surface area (Å²) in [6.07, 6.45) is 6.47. The maximum absolute atomic E-state index is 12.8. The van der Waals surface area contributed by atoms with Gasteiger partial charge in [-0.05, 0) is 42.9 Å². The van der Waals surface area contributed by atoms with Crippen LogP contribution in [0, 0.1) is 0 Å². The second kappa shape index (κ2) is 6.38. The summed E-state index contributed by atoms with van der Waals surface area (Å²) in [5.41, 5.74) is 5.56. The highest BCUT2D eigenvalue weighted by atomic mass is 16.2. The molecule has 0 saturated carbocycles. The molecular formula is C21H26N4O. The van der Waals surface area contributed by atoms with Gasteiger partial charge < -0.3 is 10.2 Å². The molecule has 0 unspecified atom stereocenters. The van der Waals surface area contributed by atoms with Crippen molar-refractivity contribution in [2.75, 3.05) is 5.32 Å². The Bertz CT molecular complexity index is 854. The molecule has 1 aliphatic carbocycles. The molecule has 136 valence electrons. The fourth-order valence-corrected chi connectivity index (χ4v) is 3.75. The molecule has 2 heterocycles. The summed E-state index contributed by atoms with van der Waals surface area (Å²) >= 11 is 0. The van der Waals surface area contributed by atoms with Crippen molar-refractivity contribution in [3.8, 4) is 0 Å². The van der Waals surface area contributed by atoms with E-state index in [0.717, 1.165) is 35.6 Å². The lowest BCUT2D eigenvalue weighted by Crippen LogP contribution is -2.31. The Balaban J connectivity index is 1.50. The Hall–Kier alpha value is -2.43. The largest absolute Gasteiger partial charge is 0.322 e. The number of hydrogen-bond acceptors (Lipinski definition) is 3. The first kappa shape index (κ1) is 17.0. The predicted molar refractivity (Wildman–Crippen MR) is 102 cm³/mol. The summed E-state index contributed by atoms with van der Waals surface area (Å²) < 4.78 is 0. The first-order valence-corrected chi connectivity index (χ1v) is 9.44. The van der Waals surface area contributed by atoms with E-state index in [1.807, 2.05) is 23.2 Å². The summed E-state index contributed by atoms with van der Waals surface area (Å²) in [6, 6.07) is 6.18. The summed E-state index contributed by atoms with van der Waals surface area (Å²) in [5, 5.41) is 3.13. The molecule has 2 aliphatic rings. The summed E-state index contributed by atoms with van der Waals surface area (Å²) in [6.45, 7) is 7.43. The van der Waals surface area contributed by atoms with Gasteiger partial charge in [0.2, 0.25) is 0 Å². The van der Waals surface area contributed by atoms with Crippen LogP contribution >= 0.6 is 0 Å². The first-order valence-electron chi connectivity index (χ1n) is 9.44. The molecule has 1 aromatic carbocycles. The average molecular weight is 350 g/mol. The number of carbonyl (C=O) groups excluding carboxylic acids is 1. The van der Waals surface area contributed by atoms with E-state index in [1.165, 1.54) is 24.0 Å². The summed E-state index contributed by atoms with van der Waals surface area (Å²) in [7, 11) is 0. The first-order chi connectivity index (χ1) is 12.4. The van der Waals surface area contributed by atoms with E-state index in [1.54, 1.807) is 0 Å². The topological polar surface area (TPSA) is 58.1 Å². The van der Waals surface area contributed by atoms with Crippen LogP contribution in [0.5, 0.6) is 0 Å². The van der Waals surface area contributed by atoms with Gasteiger partial charge in [-0.2, -0.15) is 0 Å². The van der Waals surface area contributed by atoms with Gasteiger partial charge in [-0.1, -0.05) is 32.9 Å². The number of fused-ring (bicyclic) bond motifs is 2. The van der Waals surface area contributed by atoms with Crippen molar-refractivity contribution in [2.24, 2.45) is 0 Å². The molecule has 1 aromatic heterocycles. The molecule has 0 bridgehead atoms. The van der Waals surface area contributed by atoms with Crippen molar-refractivity contribution in [3.63, 3.8) is 0 Å². The Morgan fingerprint density at radius 2 is 1.92 bits per heavy atom. The van der Waals surface area contributed by atoms with Gasteiger partial charge in [-0.25, -0.2) is 14.8 Å². The highest BCUT2D eigenvalue weighted by molar-refractivity contribution is 5.90. The summed E-state index contributed by atoms with van der Waals surface area (Å²) in [4.78, 5) is 23.8. The number of urea groups is 1. The third-order valence-corrected chi connectivity index (χ3v) is 5.25. The molecule has 5 heteroatoms. The van der Waals surface area contributed by atoms with E-state index in [4.69, 9.17) is 4.98 Å². The molecular weight excluding hydrogens is 324 g/mol. The number of rotatable bonds is 1. The number of hydrogen-bond donors (Lipinski definition) is 1. The van der Waals surface area contributed by atoms with Gasteiger partial charge in [0.15, 0.2) is 0 Å². The van der Waals surface area contributed by atoms with Gasteiger partial charge in [0, 0.05) is 22.9 Å². The quantitative estimate of drug-likeness (QED) is 0.838. The van der Waals surface area contributed by atoms with Crippen molar-refractivity contribution in [3.05, 3.63) is 52.6 Å². The van der Waals surface area contributed by atoms with Crippen molar-refractivity contribution >= 4 is 11.7 Å². The Morgan fingerprint density at radius 1 is 1.12 bits per heavy atom. The van der Waals surface area contributed by atoms with Crippen molar-refractivity contribution in [1.29, 1.82) is 0 Å². The van der Waals surface area contributed by atoms with Gasteiger partial charge >= 0.3 is 6.03 Å². The number of benzene rings is 1. The number of aryl methyl sites for hydroxylation is 1. The maximum atomic E-state index is 12.8. The lowest BCUT2D eigenvalue weighted by atomic mass is 9.90. The van der Waals surface area contributed by atoms with Gasteiger partial charge in [0.25, 0.3) is 0 Å². The number of carbonyl (C=O) groups is 1. The van der Waals surface area contributed by atoms with Gasteiger partial charge in [-0.3, -0.25) is 0 Å². The highest BCUT2D eigenvalue weighted by Crippen LogP contribution is 2.29. The van der Waals surface area contributed by atoms with Gasteiger partial charge in [0.05, 0.1) is 18.8 Å². The van der Waals surface area contributed by atoms with E-state index >= 15 is 0 Å². The Morgan fingerprint density at radius 3 is 2.73 bits per heavy atom. The second-order valence-corrected chi connectivity index (χ2v) is 8.35. The Labute approximate surface area is 154 Å². The molecule has 26 heavy (non-hydrogen) atoms. The molecule has 2 aromatic rings. The highest BCUT2D eigenvalue weighted by Gasteiger charge is 2.28. The third kappa shape index (κ3) is 3.18. The van der Waals surface area contributed by atoms with E-state index in [9.17, 15) is 4.79 Å². The monoisotopic (exact) mass is 350 g/mol. The molecule has 4 rings (SSSR count). The van der Waals surface area contributed by atoms with Crippen LogP contribution < -0.4 is 5.32 Å². The zero-order valence-corrected chi connectivity index (χ0v) is 15.8. The van der Waals surface area contributed by atoms with E-state index in [2.05, 4.69) is 37.1 Å². The minimum atomic E-state index is -0.0895. The standard InChI is InChI=1S/C21H26N4O/c1-21(2,3)19-22-11-15-12-25(13-18(15)23-19)20(26)24-17-10-6-8-14-7-4-5-9-16(14)17/h6,8,10-11H,4-5,7,9,12-13H2,1-3H3,(H,24,26). The van der Waals surface area contributed by atoms with E-state index < -0.39 is 0 Å². The normalized spacial score (nSPS) is 16.2. The molecule has 5 nitrogen and oxygen atoms in total. The molecule has 1 N–H and O–H groups in total. The SMILES string of the molecule is CC(C)(C)c1ncc2c(n1)CN(C(=O)Nc1cccc3c1CCCC3)C2. The molecule has 0 radical (unpaired) electrons. The van der Waals surface area contributed by atoms with Crippen LogP contribution in [0.3, 0.4) is 0 Å². The van der Waals surface area contributed by atoms with Crippen LogP contribution in [0.15, 0.2) is 24.4 Å². The minimum absolute atomic E-state index is 0.0562. The molecule has 1 aliphatic heterocycles. The average Bonchev–Trinajstić information content (AvgIpc) is 3.05. The lowest BCUT2D eigenvalue weighted by molar-refractivity contribution is 0.212. The number of anilines is 1. The van der Waals surface area contributed by atoms with Crippen molar-refractivity contribution in [2.45, 2.75) is 65.0 Å². The number of amides is 2. The smallest absolute Gasteiger partial charge is 0.314 e. The van der Waals surface area contributed by atoms with Gasteiger partial charge in [-0.15, -0.1) is 0 Å². The molecule has 0 spiro atoms. The van der Waals surface area contributed by atoms with Crippen LogP contribution in [-0.2, 0) is 31.3 Å². The van der Waals surface area contributed by atoms with Crippen LogP contribution in [0.1, 0.15) is 61.8 Å². The fraction of sp³-hybridized carbons (Fsp3) is 0.476. The molecule has 0 saturated heterocycles. The second-order valence-electron chi connectivity index (χ2n) is 8.35. The van der Waals surface area contributed by atoms with Crippen molar-refractivity contribution < 1.29 is 4.79 Å². The fourth-order valence-electron chi connectivity index (χ4n) is 3.75. The van der Waals surface area contributed by atoms with E-state index in [-0.39, 0.29) is 11.4 Å². The predicted octanol–water partition coefficient (Wildman–Crippen LogP) is 4.20. The lowest BCUT2D eigenvalue weighted by Gasteiger charge is -2.22. The molecule has 0 fully saturated rings. The van der Waals surface area contributed by atoms with E-state index in [0.29, 0.717) is 13.1 Å². The third-order valence-electron chi connectivity index (χ3n) is 5.25. The van der Waals surface area contributed by atoms with Crippen LogP contribution in [0.2, 0.25) is 0 Å². The number of nitrogens with zero attached hydrogens (tertiary/aromatic N) is 3. The zero-order chi connectivity index (χ0) is 18.3. The van der Waals surface area contributed by atoms with Crippen LogP contribution in [-0.4, -0.2) is 20.9 Å². The van der Waals surface area contributed by atoms with Crippen LogP contribution in [0.25, 0.3) is 0 Å².